The molecule has 0 saturated heterocycles. The molecule has 0 bridgehead atoms. The van der Waals surface area contributed by atoms with Crippen LogP contribution in [0.3, 0.4) is 0 Å². The van der Waals surface area contributed by atoms with Gasteiger partial charge in [-0.3, -0.25) is 0 Å². The summed E-state index contributed by atoms with van der Waals surface area (Å²) < 4.78 is 52.0. The Hall–Kier alpha value is -1.40. The lowest BCUT2D eigenvalue weighted by atomic mass is 9.99. The molecule has 0 aliphatic rings. The molecular formula is C15H11BrF4O. The van der Waals surface area contributed by atoms with E-state index >= 15 is 0 Å². The Kier molecular flexibility index (Phi) is 4.68. The molecule has 2 aromatic carbocycles. The monoisotopic (exact) mass is 362 g/mol. The third-order valence-electron chi connectivity index (χ3n) is 3.05. The lowest BCUT2D eigenvalue weighted by molar-refractivity contribution is -0.137. The van der Waals surface area contributed by atoms with Crippen molar-refractivity contribution in [3.8, 4) is 0 Å². The van der Waals surface area contributed by atoms with Crippen LogP contribution in [0.4, 0.5) is 17.6 Å². The third-order valence-corrected chi connectivity index (χ3v) is 3.78. The molecule has 21 heavy (non-hydrogen) atoms. The predicted molar refractivity (Wildman–Crippen MR) is 74.2 cm³/mol. The van der Waals surface area contributed by atoms with Gasteiger partial charge in [0.15, 0.2) is 0 Å². The van der Waals surface area contributed by atoms with Crippen LogP contribution in [0.1, 0.15) is 22.8 Å². The van der Waals surface area contributed by atoms with Crippen molar-refractivity contribution < 1.29 is 22.7 Å². The molecule has 0 spiro atoms. The Morgan fingerprint density at radius 2 is 1.76 bits per heavy atom. The number of halogens is 5. The van der Waals surface area contributed by atoms with Crippen LogP contribution in [0.15, 0.2) is 46.9 Å². The van der Waals surface area contributed by atoms with Gasteiger partial charge in [-0.05, 0) is 35.4 Å². The molecule has 0 radical (unpaired) electrons. The average molecular weight is 363 g/mol. The molecule has 1 atom stereocenters. The molecule has 0 amide bonds. The van der Waals surface area contributed by atoms with Crippen molar-refractivity contribution >= 4 is 15.9 Å². The summed E-state index contributed by atoms with van der Waals surface area (Å²) in [6, 6.07) is 8.85. The second-order valence-corrected chi connectivity index (χ2v) is 5.40. The molecule has 0 aromatic heterocycles. The summed E-state index contributed by atoms with van der Waals surface area (Å²) in [5, 5.41) is 10.1. The van der Waals surface area contributed by atoms with Crippen LogP contribution in [0.5, 0.6) is 0 Å². The molecular weight excluding hydrogens is 352 g/mol. The van der Waals surface area contributed by atoms with Gasteiger partial charge >= 0.3 is 6.18 Å². The Balaban J connectivity index is 2.31. The molecule has 2 rings (SSSR count). The summed E-state index contributed by atoms with van der Waals surface area (Å²) in [5.74, 6) is -0.500. The second-order valence-electron chi connectivity index (χ2n) is 4.55. The summed E-state index contributed by atoms with van der Waals surface area (Å²) >= 11 is 3.11. The van der Waals surface area contributed by atoms with Crippen molar-refractivity contribution in [2.45, 2.75) is 18.7 Å². The minimum atomic E-state index is -4.49. The molecule has 1 nitrogen and oxygen atoms in total. The standard InChI is InChI=1S/C15H11BrF4O/c16-12-6-5-10(15(18,19)20)8-11(12)14(21)7-9-3-1-2-4-13(9)17/h1-6,8,14,21H,7H2. The van der Waals surface area contributed by atoms with E-state index in [4.69, 9.17) is 0 Å². The Bertz CT molecular complexity index is 640. The SMILES string of the molecule is OC(Cc1ccccc1F)c1cc(C(F)(F)F)ccc1Br. The van der Waals surface area contributed by atoms with E-state index in [0.717, 1.165) is 12.1 Å². The van der Waals surface area contributed by atoms with Gasteiger partial charge in [0.2, 0.25) is 0 Å². The molecule has 0 aliphatic carbocycles. The molecule has 1 N–H and O–H groups in total. The molecule has 1 unspecified atom stereocenters. The fraction of sp³-hybridized carbons (Fsp3) is 0.200. The molecule has 112 valence electrons. The third kappa shape index (κ3) is 3.83. The topological polar surface area (TPSA) is 20.2 Å². The molecule has 0 aliphatic heterocycles. The number of aliphatic hydroxyl groups is 1. The van der Waals surface area contributed by atoms with Crippen LogP contribution in [-0.4, -0.2) is 5.11 Å². The van der Waals surface area contributed by atoms with Crippen LogP contribution in [0, 0.1) is 5.82 Å². The van der Waals surface area contributed by atoms with E-state index in [9.17, 15) is 22.7 Å². The number of hydrogen-bond acceptors (Lipinski definition) is 1. The molecule has 0 saturated carbocycles. The normalized spacial score (nSPS) is 13.2. The summed E-state index contributed by atoms with van der Waals surface area (Å²) in [4.78, 5) is 0. The van der Waals surface area contributed by atoms with Gasteiger partial charge in [-0.2, -0.15) is 13.2 Å². The van der Waals surface area contributed by atoms with Gasteiger partial charge in [0.1, 0.15) is 5.82 Å². The van der Waals surface area contributed by atoms with Gasteiger partial charge in [-0.1, -0.05) is 34.1 Å². The van der Waals surface area contributed by atoms with Crippen molar-refractivity contribution in [1.82, 2.24) is 0 Å². The first-order valence-corrected chi connectivity index (χ1v) is 6.86. The quantitative estimate of drug-likeness (QED) is 0.771. The molecule has 6 heteroatoms. The van der Waals surface area contributed by atoms with Crippen molar-refractivity contribution in [3.63, 3.8) is 0 Å². The van der Waals surface area contributed by atoms with Crippen LogP contribution in [-0.2, 0) is 12.6 Å². The van der Waals surface area contributed by atoms with Gasteiger partial charge in [0.05, 0.1) is 11.7 Å². The van der Waals surface area contributed by atoms with E-state index in [1.54, 1.807) is 6.07 Å². The summed E-state index contributed by atoms with van der Waals surface area (Å²) in [6.07, 6.45) is -5.83. The fourth-order valence-electron chi connectivity index (χ4n) is 1.96. The van der Waals surface area contributed by atoms with Crippen LogP contribution in [0.25, 0.3) is 0 Å². The van der Waals surface area contributed by atoms with Crippen LogP contribution in [0.2, 0.25) is 0 Å². The molecule has 0 fully saturated rings. The highest BCUT2D eigenvalue weighted by Crippen LogP contribution is 2.34. The van der Waals surface area contributed by atoms with E-state index in [2.05, 4.69) is 15.9 Å². The van der Waals surface area contributed by atoms with Crippen molar-refractivity contribution in [2.75, 3.05) is 0 Å². The number of rotatable bonds is 3. The maximum absolute atomic E-state index is 13.5. The Morgan fingerprint density at radius 1 is 1.10 bits per heavy atom. The number of aliphatic hydroxyl groups excluding tert-OH is 1. The summed E-state index contributed by atoms with van der Waals surface area (Å²) in [7, 11) is 0. The lowest BCUT2D eigenvalue weighted by Crippen LogP contribution is -2.09. The Labute approximate surface area is 127 Å². The molecule has 0 heterocycles. The largest absolute Gasteiger partial charge is 0.416 e. The Morgan fingerprint density at radius 3 is 2.38 bits per heavy atom. The zero-order valence-corrected chi connectivity index (χ0v) is 12.2. The lowest BCUT2D eigenvalue weighted by Gasteiger charge is -2.16. The zero-order chi connectivity index (χ0) is 15.6. The van der Waals surface area contributed by atoms with E-state index in [0.29, 0.717) is 4.47 Å². The van der Waals surface area contributed by atoms with Crippen molar-refractivity contribution in [3.05, 3.63) is 69.4 Å². The van der Waals surface area contributed by atoms with Crippen LogP contribution < -0.4 is 0 Å². The van der Waals surface area contributed by atoms with E-state index in [1.165, 1.54) is 24.3 Å². The maximum atomic E-state index is 13.5. The first-order chi connectivity index (χ1) is 9.79. The van der Waals surface area contributed by atoms with E-state index in [1.807, 2.05) is 0 Å². The number of benzene rings is 2. The second kappa shape index (κ2) is 6.15. The minimum absolute atomic E-state index is 0.0769. The minimum Gasteiger partial charge on any atom is -0.388 e. The van der Waals surface area contributed by atoms with E-state index < -0.39 is 23.7 Å². The van der Waals surface area contributed by atoms with Crippen molar-refractivity contribution in [1.29, 1.82) is 0 Å². The highest BCUT2D eigenvalue weighted by Gasteiger charge is 2.31. The van der Waals surface area contributed by atoms with Gasteiger partial charge < -0.3 is 5.11 Å². The van der Waals surface area contributed by atoms with Crippen molar-refractivity contribution in [2.24, 2.45) is 0 Å². The summed E-state index contributed by atoms with van der Waals surface area (Å²) in [6.45, 7) is 0. The first-order valence-electron chi connectivity index (χ1n) is 6.07. The molecule has 2 aromatic rings. The summed E-state index contributed by atoms with van der Waals surface area (Å²) in [5.41, 5.74) is -0.532. The highest BCUT2D eigenvalue weighted by molar-refractivity contribution is 9.10. The average Bonchev–Trinajstić information content (AvgIpc) is 2.40. The number of alkyl halides is 3. The maximum Gasteiger partial charge on any atom is 0.416 e. The zero-order valence-electron chi connectivity index (χ0n) is 10.7. The smallest absolute Gasteiger partial charge is 0.388 e. The number of hydrogen-bond donors (Lipinski definition) is 1. The van der Waals surface area contributed by atoms with E-state index in [-0.39, 0.29) is 17.5 Å². The van der Waals surface area contributed by atoms with Gasteiger partial charge in [-0.15, -0.1) is 0 Å². The van der Waals surface area contributed by atoms with Gasteiger partial charge in [0.25, 0.3) is 0 Å². The highest BCUT2D eigenvalue weighted by atomic mass is 79.9. The fourth-order valence-corrected chi connectivity index (χ4v) is 2.47. The first kappa shape index (κ1) is 16.0. The van der Waals surface area contributed by atoms with Crippen LogP contribution >= 0.6 is 15.9 Å². The van der Waals surface area contributed by atoms with Gasteiger partial charge in [0, 0.05) is 10.9 Å². The van der Waals surface area contributed by atoms with Gasteiger partial charge in [-0.25, -0.2) is 4.39 Å². The predicted octanol–water partition coefficient (Wildman–Crippen LogP) is 4.88.